The molecule has 0 spiro atoms. The summed E-state index contributed by atoms with van der Waals surface area (Å²) in [6.45, 7) is 2.67. The first-order valence-electron chi connectivity index (χ1n) is 8.48. The van der Waals surface area contributed by atoms with Crippen molar-refractivity contribution in [1.82, 2.24) is 10.6 Å². The average molecular weight is 318 g/mol. The van der Waals surface area contributed by atoms with Crippen LogP contribution in [0, 0.1) is 0 Å². The molecule has 5 heteroatoms. The van der Waals surface area contributed by atoms with Gasteiger partial charge in [0.2, 0.25) is 5.91 Å². The van der Waals surface area contributed by atoms with Crippen molar-refractivity contribution in [2.24, 2.45) is 0 Å². The van der Waals surface area contributed by atoms with Gasteiger partial charge in [-0.25, -0.2) is 0 Å². The fourth-order valence-corrected chi connectivity index (χ4v) is 3.68. The van der Waals surface area contributed by atoms with Crippen LogP contribution in [0.5, 0.6) is 5.75 Å². The van der Waals surface area contributed by atoms with Gasteiger partial charge >= 0.3 is 0 Å². The minimum Gasteiger partial charge on any atom is -0.497 e. The van der Waals surface area contributed by atoms with Crippen molar-refractivity contribution in [3.05, 3.63) is 29.8 Å². The number of carbonyl (C=O) groups is 1. The highest BCUT2D eigenvalue weighted by Crippen LogP contribution is 2.41. The summed E-state index contributed by atoms with van der Waals surface area (Å²) in [6.07, 6.45) is 4.24. The van der Waals surface area contributed by atoms with Crippen LogP contribution >= 0.6 is 0 Å². The standard InChI is InChI=1S/C18H26N2O3/c1-22-15-6-4-5-14(11-15)18(7-2-3-8-18)13-20-17(21)16-12-19-9-10-23-16/h4-6,11,16,19H,2-3,7-10,12-13H2,1H3,(H,20,21). The summed E-state index contributed by atoms with van der Waals surface area (Å²) in [5, 5.41) is 6.32. The Balaban J connectivity index is 1.69. The van der Waals surface area contributed by atoms with E-state index in [4.69, 9.17) is 9.47 Å². The highest BCUT2D eigenvalue weighted by molar-refractivity contribution is 5.81. The molecule has 1 atom stereocenters. The second-order valence-electron chi connectivity index (χ2n) is 6.50. The molecular formula is C18H26N2O3. The largest absolute Gasteiger partial charge is 0.497 e. The number of hydrogen-bond acceptors (Lipinski definition) is 4. The molecule has 2 aliphatic rings. The number of methoxy groups -OCH3 is 1. The maximum Gasteiger partial charge on any atom is 0.250 e. The second-order valence-corrected chi connectivity index (χ2v) is 6.50. The molecule has 1 aromatic carbocycles. The fourth-order valence-electron chi connectivity index (χ4n) is 3.68. The summed E-state index contributed by atoms with van der Waals surface area (Å²) in [7, 11) is 1.69. The van der Waals surface area contributed by atoms with Crippen LogP contribution in [-0.4, -0.2) is 45.4 Å². The molecule has 126 valence electrons. The fraction of sp³-hybridized carbons (Fsp3) is 0.611. The van der Waals surface area contributed by atoms with E-state index in [1.165, 1.54) is 18.4 Å². The number of rotatable bonds is 5. The Morgan fingerprint density at radius 3 is 2.96 bits per heavy atom. The van der Waals surface area contributed by atoms with E-state index in [1.54, 1.807) is 7.11 Å². The van der Waals surface area contributed by atoms with Crippen molar-refractivity contribution in [1.29, 1.82) is 0 Å². The van der Waals surface area contributed by atoms with Gasteiger partial charge in [0, 0.05) is 25.0 Å². The zero-order valence-electron chi connectivity index (χ0n) is 13.8. The van der Waals surface area contributed by atoms with Crippen molar-refractivity contribution >= 4 is 5.91 Å². The van der Waals surface area contributed by atoms with E-state index in [1.807, 2.05) is 12.1 Å². The van der Waals surface area contributed by atoms with Crippen LogP contribution in [0.4, 0.5) is 0 Å². The van der Waals surface area contributed by atoms with Gasteiger partial charge in [-0.3, -0.25) is 4.79 Å². The van der Waals surface area contributed by atoms with E-state index in [9.17, 15) is 4.79 Å². The van der Waals surface area contributed by atoms with Crippen molar-refractivity contribution in [2.45, 2.75) is 37.2 Å². The van der Waals surface area contributed by atoms with Gasteiger partial charge in [0.1, 0.15) is 11.9 Å². The third-order valence-corrected chi connectivity index (χ3v) is 5.06. The molecule has 1 aromatic rings. The predicted octanol–water partition coefficient (Wildman–Crippen LogP) is 1.61. The van der Waals surface area contributed by atoms with Crippen molar-refractivity contribution < 1.29 is 14.3 Å². The molecule has 2 N–H and O–H groups in total. The number of amides is 1. The Kier molecular flexibility index (Phi) is 5.18. The molecule has 2 fully saturated rings. The van der Waals surface area contributed by atoms with Gasteiger partial charge in [-0.1, -0.05) is 25.0 Å². The van der Waals surface area contributed by atoms with Crippen molar-refractivity contribution in [3.63, 3.8) is 0 Å². The monoisotopic (exact) mass is 318 g/mol. The van der Waals surface area contributed by atoms with E-state index < -0.39 is 0 Å². The molecule has 1 saturated heterocycles. The first-order chi connectivity index (χ1) is 11.2. The molecule has 5 nitrogen and oxygen atoms in total. The first-order valence-corrected chi connectivity index (χ1v) is 8.48. The summed E-state index contributed by atoms with van der Waals surface area (Å²) in [5.41, 5.74) is 1.28. The predicted molar refractivity (Wildman–Crippen MR) is 88.8 cm³/mol. The number of hydrogen-bond donors (Lipinski definition) is 2. The smallest absolute Gasteiger partial charge is 0.250 e. The zero-order chi connectivity index (χ0) is 16.1. The Morgan fingerprint density at radius 2 is 2.26 bits per heavy atom. The van der Waals surface area contributed by atoms with Gasteiger partial charge in [0.05, 0.1) is 13.7 Å². The van der Waals surface area contributed by atoms with Crippen LogP contribution in [0.1, 0.15) is 31.2 Å². The van der Waals surface area contributed by atoms with Crippen LogP contribution in [-0.2, 0) is 14.9 Å². The molecule has 1 aliphatic carbocycles. The van der Waals surface area contributed by atoms with Crippen LogP contribution < -0.4 is 15.4 Å². The lowest BCUT2D eigenvalue weighted by Crippen LogP contribution is -2.50. The second kappa shape index (κ2) is 7.32. The summed E-state index contributed by atoms with van der Waals surface area (Å²) in [6, 6.07) is 8.26. The summed E-state index contributed by atoms with van der Waals surface area (Å²) in [5.74, 6) is 0.867. The minimum atomic E-state index is -0.368. The van der Waals surface area contributed by atoms with E-state index in [2.05, 4.69) is 22.8 Å². The summed E-state index contributed by atoms with van der Waals surface area (Å²) >= 11 is 0. The van der Waals surface area contributed by atoms with Gasteiger partial charge in [-0.15, -0.1) is 0 Å². The quantitative estimate of drug-likeness (QED) is 0.866. The highest BCUT2D eigenvalue weighted by Gasteiger charge is 2.37. The van der Waals surface area contributed by atoms with Gasteiger partial charge in [-0.2, -0.15) is 0 Å². The molecule has 3 rings (SSSR count). The summed E-state index contributed by atoms with van der Waals surface area (Å²) < 4.78 is 10.9. The normalized spacial score (nSPS) is 23.4. The average Bonchev–Trinajstić information content (AvgIpc) is 3.11. The molecule has 0 radical (unpaired) electrons. The molecule has 1 aliphatic heterocycles. The number of ether oxygens (including phenoxy) is 2. The highest BCUT2D eigenvalue weighted by atomic mass is 16.5. The topological polar surface area (TPSA) is 59.6 Å². The maximum atomic E-state index is 12.4. The maximum absolute atomic E-state index is 12.4. The lowest BCUT2D eigenvalue weighted by atomic mass is 9.78. The lowest BCUT2D eigenvalue weighted by molar-refractivity contribution is -0.134. The molecule has 1 saturated carbocycles. The molecule has 0 aromatic heterocycles. The third-order valence-electron chi connectivity index (χ3n) is 5.06. The first kappa shape index (κ1) is 16.3. The van der Waals surface area contributed by atoms with Gasteiger partial charge in [0.15, 0.2) is 0 Å². The number of carbonyl (C=O) groups excluding carboxylic acids is 1. The lowest BCUT2D eigenvalue weighted by Gasteiger charge is -2.31. The number of morpholine rings is 1. The van der Waals surface area contributed by atoms with E-state index in [-0.39, 0.29) is 17.4 Å². The van der Waals surface area contributed by atoms with Crippen molar-refractivity contribution in [2.75, 3.05) is 33.4 Å². The number of benzene rings is 1. The Labute approximate surface area is 137 Å². The van der Waals surface area contributed by atoms with Gasteiger partial charge < -0.3 is 20.1 Å². The SMILES string of the molecule is COc1cccc(C2(CNC(=O)C3CNCCO3)CCCC2)c1. The Morgan fingerprint density at radius 1 is 1.43 bits per heavy atom. The number of nitrogens with one attached hydrogen (secondary N) is 2. The molecule has 23 heavy (non-hydrogen) atoms. The van der Waals surface area contributed by atoms with Gasteiger partial charge in [-0.05, 0) is 30.5 Å². The molecule has 0 bridgehead atoms. The molecule has 1 heterocycles. The third kappa shape index (κ3) is 3.67. The molecule has 1 amide bonds. The van der Waals surface area contributed by atoms with E-state index >= 15 is 0 Å². The van der Waals surface area contributed by atoms with Crippen LogP contribution in [0.2, 0.25) is 0 Å². The Hall–Kier alpha value is -1.59. The van der Waals surface area contributed by atoms with Crippen LogP contribution in [0.25, 0.3) is 0 Å². The van der Waals surface area contributed by atoms with E-state index in [0.29, 0.717) is 19.7 Å². The molecular weight excluding hydrogens is 292 g/mol. The van der Waals surface area contributed by atoms with E-state index in [0.717, 1.165) is 25.1 Å². The van der Waals surface area contributed by atoms with Crippen LogP contribution in [0.15, 0.2) is 24.3 Å². The molecule has 1 unspecified atom stereocenters. The minimum absolute atomic E-state index is 0.00799. The van der Waals surface area contributed by atoms with Crippen molar-refractivity contribution in [3.8, 4) is 5.75 Å². The summed E-state index contributed by atoms with van der Waals surface area (Å²) in [4.78, 5) is 12.4. The van der Waals surface area contributed by atoms with Crippen LogP contribution in [0.3, 0.4) is 0 Å². The van der Waals surface area contributed by atoms with Gasteiger partial charge in [0.25, 0.3) is 0 Å². The zero-order valence-corrected chi connectivity index (χ0v) is 13.8. The Bertz CT molecular complexity index is 535.